The molecule has 180 valence electrons. The van der Waals surface area contributed by atoms with Crippen molar-refractivity contribution in [2.24, 2.45) is 5.73 Å². The van der Waals surface area contributed by atoms with Crippen LogP contribution in [0, 0.1) is 17.0 Å². The first-order valence-electron chi connectivity index (χ1n) is 11.5. The Morgan fingerprint density at radius 2 is 1.64 bits per heavy atom. The number of nitrogens with zero attached hydrogens (tertiary/aromatic N) is 3. The van der Waals surface area contributed by atoms with Gasteiger partial charge in [-0.1, -0.05) is 48.5 Å². The molecule has 0 fully saturated rings. The number of hydrogen-bond acceptors (Lipinski definition) is 5. The van der Waals surface area contributed by atoms with Crippen molar-refractivity contribution in [2.45, 2.75) is 19.5 Å². The number of carbonyl (C=O) groups is 2. The Morgan fingerprint density at radius 3 is 2.36 bits per heavy atom. The van der Waals surface area contributed by atoms with Gasteiger partial charge < -0.3 is 15.5 Å². The fourth-order valence-electron chi connectivity index (χ4n) is 4.66. The lowest BCUT2D eigenvalue weighted by Crippen LogP contribution is -2.48. The van der Waals surface area contributed by atoms with Gasteiger partial charge >= 0.3 is 0 Å². The summed E-state index contributed by atoms with van der Waals surface area (Å²) >= 11 is 0. The minimum Gasteiger partial charge on any atom is -0.318 e. The van der Waals surface area contributed by atoms with E-state index in [2.05, 4.69) is 6.07 Å². The summed E-state index contributed by atoms with van der Waals surface area (Å²) in [7, 11) is 0. The van der Waals surface area contributed by atoms with E-state index in [0.717, 1.165) is 21.9 Å². The Hall–Kier alpha value is -4.56. The third-order valence-electron chi connectivity index (χ3n) is 6.59. The Morgan fingerprint density at radius 1 is 0.972 bits per heavy atom. The van der Waals surface area contributed by atoms with Crippen molar-refractivity contribution in [3.05, 3.63) is 112 Å². The van der Waals surface area contributed by atoms with Crippen molar-refractivity contribution in [1.29, 1.82) is 0 Å². The van der Waals surface area contributed by atoms with Crippen LogP contribution in [0.2, 0.25) is 0 Å². The second-order valence-electron chi connectivity index (χ2n) is 8.82. The normalized spacial score (nSPS) is 15.5. The van der Waals surface area contributed by atoms with Gasteiger partial charge in [0.2, 0.25) is 5.91 Å². The number of aryl methyl sites for hydroxylation is 1. The fourth-order valence-corrected chi connectivity index (χ4v) is 4.66. The highest BCUT2D eigenvalue weighted by atomic mass is 16.6. The Kier molecular flexibility index (Phi) is 5.95. The van der Waals surface area contributed by atoms with Crippen molar-refractivity contribution >= 4 is 39.6 Å². The lowest BCUT2D eigenvalue weighted by molar-refractivity contribution is -0.384. The molecule has 0 aromatic heterocycles. The van der Waals surface area contributed by atoms with Gasteiger partial charge in [0.05, 0.1) is 29.4 Å². The van der Waals surface area contributed by atoms with Crippen LogP contribution in [-0.2, 0) is 11.3 Å². The van der Waals surface area contributed by atoms with Gasteiger partial charge in [0, 0.05) is 17.7 Å². The molecule has 2 N–H and O–H groups in total. The van der Waals surface area contributed by atoms with Crippen molar-refractivity contribution in [2.75, 3.05) is 16.3 Å². The number of nitro groups is 1. The highest BCUT2D eigenvalue weighted by Gasteiger charge is 2.35. The molecule has 1 unspecified atom stereocenters. The van der Waals surface area contributed by atoms with Crippen LogP contribution in [0.15, 0.2) is 84.9 Å². The number of para-hydroxylation sites is 2. The summed E-state index contributed by atoms with van der Waals surface area (Å²) < 4.78 is 0. The molecule has 0 spiro atoms. The van der Waals surface area contributed by atoms with Crippen LogP contribution in [0.5, 0.6) is 0 Å². The van der Waals surface area contributed by atoms with Crippen molar-refractivity contribution < 1.29 is 14.5 Å². The molecule has 2 amide bonds. The first kappa shape index (κ1) is 23.2. The lowest BCUT2D eigenvalue weighted by atomic mass is 9.99. The molecule has 4 aromatic carbocycles. The molecular weight excluding hydrogens is 456 g/mol. The predicted molar refractivity (Wildman–Crippen MR) is 139 cm³/mol. The molecule has 1 aliphatic rings. The number of anilines is 2. The highest BCUT2D eigenvalue weighted by Crippen LogP contribution is 2.36. The third-order valence-corrected chi connectivity index (χ3v) is 6.59. The summed E-state index contributed by atoms with van der Waals surface area (Å²) in [6.45, 7) is 2.30. The topological polar surface area (TPSA) is 110 Å². The van der Waals surface area contributed by atoms with E-state index in [1.165, 1.54) is 29.2 Å². The SMILES string of the molecule is Cc1ccc2ccccc2c1CN1C(=O)C(N)CN(C(=O)c2ccc([N+](=O)[O-])cc2)c2ccccc21. The number of rotatable bonds is 4. The van der Waals surface area contributed by atoms with E-state index in [9.17, 15) is 19.7 Å². The second-order valence-corrected chi connectivity index (χ2v) is 8.82. The van der Waals surface area contributed by atoms with E-state index >= 15 is 0 Å². The number of hydrogen-bond donors (Lipinski definition) is 1. The molecule has 36 heavy (non-hydrogen) atoms. The van der Waals surface area contributed by atoms with Gasteiger partial charge in [-0.05, 0) is 53.1 Å². The van der Waals surface area contributed by atoms with E-state index in [4.69, 9.17) is 5.73 Å². The molecular formula is C28H24N4O4. The van der Waals surface area contributed by atoms with E-state index in [1.54, 1.807) is 17.0 Å². The van der Waals surface area contributed by atoms with E-state index < -0.39 is 11.0 Å². The number of carbonyl (C=O) groups excluding carboxylic acids is 2. The minimum atomic E-state index is -0.949. The van der Waals surface area contributed by atoms with E-state index in [1.807, 2.05) is 49.4 Å². The van der Waals surface area contributed by atoms with Gasteiger partial charge in [-0.2, -0.15) is 0 Å². The standard InChI is InChI=1S/C28H24N4O4/c1-18-10-11-19-6-2-3-7-22(19)23(18)16-30-25-8-4-5-9-26(25)31(17-24(29)28(30)34)27(33)20-12-14-21(15-13-20)32(35)36/h2-15,24H,16-17,29H2,1H3. The molecule has 4 aromatic rings. The second kappa shape index (κ2) is 9.24. The molecule has 1 heterocycles. The third kappa shape index (κ3) is 4.08. The van der Waals surface area contributed by atoms with Crippen LogP contribution in [0.4, 0.5) is 17.1 Å². The van der Waals surface area contributed by atoms with Crippen molar-refractivity contribution in [1.82, 2.24) is 0 Å². The first-order valence-corrected chi connectivity index (χ1v) is 11.5. The quantitative estimate of drug-likeness (QED) is 0.340. The minimum absolute atomic E-state index is 0.0172. The summed E-state index contributed by atoms with van der Waals surface area (Å²) in [6, 6.07) is 23.8. The van der Waals surface area contributed by atoms with E-state index in [0.29, 0.717) is 17.9 Å². The average Bonchev–Trinajstić information content (AvgIpc) is 3.00. The predicted octanol–water partition coefficient (Wildman–Crippen LogP) is 4.58. The smallest absolute Gasteiger partial charge is 0.269 e. The monoisotopic (exact) mass is 480 g/mol. The molecule has 1 atom stereocenters. The van der Waals surface area contributed by atoms with Gasteiger partial charge in [0.25, 0.3) is 11.6 Å². The zero-order valence-corrected chi connectivity index (χ0v) is 19.6. The maximum atomic E-state index is 13.6. The molecule has 5 rings (SSSR count). The number of benzene rings is 4. The summed E-state index contributed by atoms with van der Waals surface area (Å²) in [4.78, 5) is 40.7. The maximum absolute atomic E-state index is 13.6. The molecule has 0 radical (unpaired) electrons. The van der Waals surface area contributed by atoms with Gasteiger partial charge in [-0.25, -0.2) is 0 Å². The summed E-state index contributed by atoms with van der Waals surface area (Å²) in [5, 5.41) is 13.1. The Labute approximate surface area is 207 Å². The van der Waals surface area contributed by atoms with Crippen molar-refractivity contribution in [3.63, 3.8) is 0 Å². The first-order chi connectivity index (χ1) is 17.3. The van der Waals surface area contributed by atoms with Gasteiger partial charge in [-0.15, -0.1) is 0 Å². The fraction of sp³-hybridized carbons (Fsp3) is 0.143. The Bertz CT molecular complexity index is 1500. The van der Waals surface area contributed by atoms with Crippen LogP contribution in [0.1, 0.15) is 21.5 Å². The zero-order valence-electron chi connectivity index (χ0n) is 19.6. The summed E-state index contributed by atoms with van der Waals surface area (Å²) in [5.74, 6) is -0.669. The number of nitro benzene ring substituents is 1. The number of fused-ring (bicyclic) bond motifs is 2. The largest absolute Gasteiger partial charge is 0.318 e. The van der Waals surface area contributed by atoms with Crippen LogP contribution >= 0.6 is 0 Å². The molecule has 0 bridgehead atoms. The average molecular weight is 481 g/mol. The van der Waals surface area contributed by atoms with E-state index in [-0.39, 0.29) is 29.6 Å². The molecule has 8 nitrogen and oxygen atoms in total. The Balaban J connectivity index is 1.58. The molecule has 0 saturated carbocycles. The maximum Gasteiger partial charge on any atom is 0.269 e. The molecule has 8 heteroatoms. The van der Waals surface area contributed by atoms with Crippen LogP contribution in [0.25, 0.3) is 10.8 Å². The van der Waals surface area contributed by atoms with Crippen molar-refractivity contribution in [3.8, 4) is 0 Å². The molecule has 0 saturated heterocycles. The summed E-state index contributed by atoms with van der Waals surface area (Å²) in [6.07, 6.45) is 0. The lowest BCUT2D eigenvalue weighted by Gasteiger charge is -2.26. The zero-order chi connectivity index (χ0) is 25.4. The molecule has 0 aliphatic carbocycles. The number of non-ortho nitro benzene ring substituents is 1. The van der Waals surface area contributed by atoms with Crippen LogP contribution in [-0.4, -0.2) is 29.3 Å². The number of nitrogens with two attached hydrogens (primary N) is 1. The van der Waals surface area contributed by atoms with Gasteiger partial charge in [0.15, 0.2) is 0 Å². The number of amides is 2. The summed E-state index contributed by atoms with van der Waals surface area (Å²) in [5.41, 5.74) is 9.72. The van der Waals surface area contributed by atoms with Gasteiger partial charge in [-0.3, -0.25) is 19.7 Å². The highest BCUT2D eigenvalue weighted by molar-refractivity contribution is 6.12. The molecule has 1 aliphatic heterocycles. The van der Waals surface area contributed by atoms with Crippen LogP contribution in [0.3, 0.4) is 0 Å². The van der Waals surface area contributed by atoms with Gasteiger partial charge in [0.1, 0.15) is 6.04 Å². The van der Waals surface area contributed by atoms with Crippen LogP contribution < -0.4 is 15.5 Å².